The Kier molecular flexibility index (Phi) is 4.24. The van der Waals surface area contributed by atoms with Crippen molar-refractivity contribution in [1.29, 1.82) is 0 Å². The summed E-state index contributed by atoms with van der Waals surface area (Å²) in [5, 5.41) is 7.80. The Hall–Kier alpha value is -2.14. The van der Waals surface area contributed by atoms with Crippen molar-refractivity contribution in [3.63, 3.8) is 0 Å². The van der Waals surface area contributed by atoms with Crippen molar-refractivity contribution in [3.8, 4) is 0 Å². The van der Waals surface area contributed by atoms with Gasteiger partial charge in [-0.25, -0.2) is 0 Å². The molecule has 0 aliphatic heterocycles. The number of amides is 2. The third kappa shape index (κ3) is 3.54. The third-order valence-electron chi connectivity index (χ3n) is 3.72. The lowest BCUT2D eigenvalue weighted by molar-refractivity contribution is -0.117. The first-order valence-electron chi connectivity index (χ1n) is 7.35. The second kappa shape index (κ2) is 6.32. The average molecular weight is 314 g/mol. The van der Waals surface area contributed by atoms with Gasteiger partial charge in [0.05, 0.1) is 6.54 Å². The van der Waals surface area contributed by atoms with Crippen LogP contribution in [0.2, 0.25) is 0 Å². The number of rotatable bonds is 5. The number of benzene rings is 1. The lowest BCUT2D eigenvalue weighted by atomic mass is 10.2. The Morgan fingerprint density at radius 1 is 1.27 bits per heavy atom. The highest BCUT2D eigenvalue weighted by atomic mass is 32.1. The monoisotopic (exact) mass is 314 g/mol. The Balaban J connectivity index is 1.62. The van der Waals surface area contributed by atoms with Crippen LogP contribution >= 0.6 is 11.3 Å². The molecule has 1 fully saturated rings. The number of anilines is 1. The maximum Gasteiger partial charge on any atom is 0.251 e. The van der Waals surface area contributed by atoms with Crippen LogP contribution in [0.5, 0.6) is 0 Å². The van der Waals surface area contributed by atoms with Crippen LogP contribution in [-0.2, 0) is 11.3 Å². The fraction of sp³-hybridized carbons (Fsp3) is 0.294. The first kappa shape index (κ1) is 14.8. The van der Waals surface area contributed by atoms with E-state index in [1.54, 1.807) is 35.6 Å². The van der Waals surface area contributed by atoms with Gasteiger partial charge >= 0.3 is 0 Å². The minimum Gasteiger partial charge on any atom is -0.347 e. The molecule has 1 aliphatic carbocycles. The van der Waals surface area contributed by atoms with E-state index >= 15 is 0 Å². The molecule has 5 heteroatoms. The molecule has 0 saturated heterocycles. The minimum atomic E-state index is -0.129. The molecular formula is C17H18N2O2S. The van der Waals surface area contributed by atoms with Gasteiger partial charge in [-0.15, -0.1) is 11.3 Å². The average Bonchev–Trinajstić information content (AvgIpc) is 3.29. The van der Waals surface area contributed by atoms with E-state index in [0.717, 1.165) is 17.7 Å². The van der Waals surface area contributed by atoms with Gasteiger partial charge in [-0.3, -0.25) is 9.59 Å². The van der Waals surface area contributed by atoms with E-state index in [9.17, 15) is 9.59 Å². The number of thiophene rings is 1. The van der Waals surface area contributed by atoms with Gasteiger partial charge in [0.25, 0.3) is 5.91 Å². The van der Waals surface area contributed by atoms with Gasteiger partial charge in [0, 0.05) is 22.0 Å². The summed E-state index contributed by atoms with van der Waals surface area (Å²) in [7, 11) is 0. The molecule has 3 rings (SSSR count). The van der Waals surface area contributed by atoms with Gasteiger partial charge in [0.1, 0.15) is 0 Å². The molecule has 22 heavy (non-hydrogen) atoms. The predicted octanol–water partition coefficient (Wildman–Crippen LogP) is 3.34. The van der Waals surface area contributed by atoms with E-state index in [0.29, 0.717) is 17.8 Å². The van der Waals surface area contributed by atoms with Crippen LogP contribution in [0.25, 0.3) is 0 Å². The predicted molar refractivity (Wildman–Crippen MR) is 88.0 cm³/mol. The second-order valence-electron chi connectivity index (χ2n) is 5.55. The summed E-state index contributed by atoms with van der Waals surface area (Å²) in [6, 6.07) is 9.11. The summed E-state index contributed by atoms with van der Waals surface area (Å²) < 4.78 is 0. The number of carbonyl (C=O) groups is 2. The van der Waals surface area contributed by atoms with Crippen LogP contribution in [0.4, 0.5) is 5.69 Å². The lowest BCUT2D eigenvalue weighted by Gasteiger charge is -2.08. The molecule has 1 aromatic carbocycles. The molecule has 1 aliphatic rings. The van der Waals surface area contributed by atoms with Crippen LogP contribution in [0.1, 0.15) is 33.6 Å². The zero-order valence-corrected chi connectivity index (χ0v) is 13.2. The van der Waals surface area contributed by atoms with Crippen LogP contribution in [-0.4, -0.2) is 11.8 Å². The van der Waals surface area contributed by atoms with Crippen molar-refractivity contribution in [2.24, 2.45) is 5.92 Å². The van der Waals surface area contributed by atoms with E-state index in [-0.39, 0.29) is 17.7 Å². The first-order chi connectivity index (χ1) is 10.6. The molecule has 1 saturated carbocycles. The molecule has 2 N–H and O–H groups in total. The molecule has 4 nitrogen and oxygen atoms in total. The molecule has 1 aromatic heterocycles. The largest absolute Gasteiger partial charge is 0.347 e. The number of hydrogen-bond donors (Lipinski definition) is 2. The second-order valence-corrected chi connectivity index (χ2v) is 6.55. The Morgan fingerprint density at radius 2 is 2.09 bits per heavy atom. The zero-order chi connectivity index (χ0) is 15.5. The highest BCUT2D eigenvalue weighted by Crippen LogP contribution is 2.30. The van der Waals surface area contributed by atoms with E-state index in [1.807, 2.05) is 18.4 Å². The Labute approximate surface area is 133 Å². The SMILES string of the molecule is Cc1ccsc1CNC(=O)c1cccc(NC(=O)C2CC2)c1. The van der Waals surface area contributed by atoms with Crippen LogP contribution in [0.3, 0.4) is 0 Å². The van der Waals surface area contributed by atoms with Gasteiger partial charge in [0.15, 0.2) is 0 Å². The van der Waals surface area contributed by atoms with Gasteiger partial charge < -0.3 is 10.6 Å². The lowest BCUT2D eigenvalue weighted by Crippen LogP contribution is -2.23. The summed E-state index contributed by atoms with van der Waals surface area (Å²) >= 11 is 1.64. The molecule has 0 unspecified atom stereocenters. The molecular weight excluding hydrogens is 296 g/mol. The molecule has 0 spiro atoms. The summed E-state index contributed by atoms with van der Waals surface area (Å²) in [6.07, 6.45) is 1.93. The van der Waals surface area contributed by atoms with Gasteiger partial charge in [-0.1, -0.05) is 6.07 Å². The summed E-state index contributed by atoms with van der Waals surface area (Å²) in [4.78, 5) is 25.1. The summed E-state index contributed by atoms with van der Waals surface area (Å²) in [6.45, 7) is 2.56. The fourth-order valence-electron chi connectivity index (χ4n) is 2.18. The molecule has 114 valence electrons. The van der Waals surface area contributed by atoms with Crippen molar-refractivity contribution < 1.29 is 9.59 Å². The van der Waals surface area contributed by atoms with E-state index in [2.05, 4.69) is 10.6 Å². The fourth-order valence-corrected chi connectivity index (χ4v) is 3.02. The van der Waals surface area contributed by atoms with Crippen molar-refractivity contribution in [2.75, 3.05) is 5.32 Å². The molecule has 1 heterocycles. The number of carbonyl (C=O) groups excluding carboxylic acids is 2. The maximum atomic E-state index is 12.2. The topological polar surface area (TPSA) is 58.2 Å². The zero-order valence-electron chi connectivity index (χ0n) is 12.4. The quantitative estimate of drug-likeness (QED) is 0.889. The van der Waals surface area contributed by atoms with Gasteiger partial charge in [-0.05, 0) is 55.0 Å². The normalized spacial score (nSPS) is 13.7. The van der Waals surface area contributed by atoms with E-state index in [4.69, 9.17) is 0 Å². The van der Waals surface area contributed by atoms with Crippen molar-refractivity contribution >= 4 is 28.8 Å². The van der Waals surface area contributed by atoms with Crippen molar-refractivity contribution in [2.45, 2.75) is 26.3 Å². The van der Waals surface area contributed by atoms with Crippen LogP contribution < -0.4 is 10.6 Å². The Bertz CT molecular complexity index is 704. The number of aryl methyl sites for hydroxylation is 1. The van der Waals surface area contributed by atoms with Crippen molar-refractivity contribution in [1.82, 2.24) is 5.32 Å². The van der Waals surface area contributed by atoms with E-state index in [1.165, 1.54) is 5.56 Å². The molecule has 0 radical (unpaired) electrons. The number of nitrogens with one attached hydrogen (secondary N) is 2. The van der Waals surface area contributed by atoms with Crippen LogP contribution in [0.15, 0.2) is 35.7 Å². The highest BCUT2D eigenvalue weighted by molar-refractivity contribution is 7.10. The number of hydrogen-bond acceptors (Lipinski definition) is 3. The maximum absolute atomic E-state index is 12.2. The van der Waals surface area contributed by atoms with E-state index < -0.39 is 0 Å². The van der Waals surface area contributed by atoms with Crippen LogP contribution in [0, 0.1) is 12.8 Å². The summed E-state index contributed by atoms with van der Waals surface area (Å²) in [5.41, 5.74) is 2.43. The minimum absolute atomic E-state index is 0.0479. The molecule has 2 amide bonds. The molecule has 0 atom stereocenters. The third-order valence-corrected chi connectivity index (χ3v) is 4.74. The van der Waals surface area contributed by atoms with Gasteiger partial charge in [-0.2, -0.15) is 0 Å². The first-order valence-corrected chi connectivity index (χ1v) is 8.23. The standard InChI is InChI=1S/C17H18N2O2S/c1-11-7-8-22-15(11)10-18-16(20)13-3-2-4-14(9-13)19-17(21)12-5-6-12/h2-4,7-9,12H,5-6,10H2,1H3,(H,18,20)(H,19,21). The van der Waals surface area contributed by atoms with Gasteiger partial charge in [0.2, 0.25) is 5.91 Å². The Morgan fingerprint density at radius 3 is 2.77 bits per heavy atom. The van der Waals surface area contributed by atoms with Crippen molar-refractivity contribution in [3.05, 3.63) is 51.7 Å². The molecule has 0 bridgehead atoms. The highest BCUT2D eigenvalue weighted by Gasteiger charge is 2.29. The smallest absolute Gasteiger partial charge is 0.251 e. The molecule has 2 aromatic rings. The summed E-state index contributed by atoms with van der Waals surface area (Å²) in [5.74, 6) is 0.0707.